The van der Waals surface area contributed by atoms with Gasteiger partial charge in [-0.15, -0.1) is 21.5 Å². The van der Waals surface area contributed by atoms with Crippen molar-refractivity contribution >= 4 is 29.0 Å². The molecule has 0 unspecified atom stereocenters. The smallest absolute Gasteiger partial charge is 0.232 e. The lowest BCUT2D eigenvalue weighted by molar-refractivity contribution is -0.129. The van der Waals surface area contributed by atoms with E-state index in [1.54, 1.807) is 11.3 Å². The lowest BCUT2D eigenvalue weighted by Gasteiger charge is -2.30. The van der Waals surface area contributed by atoms with Gasteiger partial charge in [0.05, 0.1) is 10.6 Å². The second-order valence-electron chi connectivity index (χ2n) is 5.59. The number of piperidine rings is 1. The van der Waals surface area contributed by atoms with Crippen LogP contribution in [0.3, 0.4) is 0 Å². The Morgan fingerprint density at radius 2 is 2.14 bits per heavy atom. The van der Waals surface area contributed by atoms with Crippen molar-refractivity contribution in [3.05, 3.63) is 29.6 Å². The molecular formula is C16H19N3OS2. The molecule has 1 saturated heterocycles. The van der Waals surface area contributed by atoms with E-state index in [0.717, 1.165) is 47.4 Å². The highest BCUT2D eigenvalue weighted by Crippen LogP contribution is 2.24. The maximum atomic E-state index is 12.2. The van der Waals surface area contributed by atoms with Crippen LogP contribution in [0.4, 0.5) is 0 Å². The number of rotatable bonds is 4. The third-order valence-corrected chi connectivity index (χ3v) is 5.69. The van der Waals surface area contributed by atoms with Gasteiger partial charge in [-0.25, -0.2) is 0 Å². The summed E-state index contributed by atoms with van der Waals surface area (Å²) in [5.74, 6) is 1.40. The minimum Gasteiger partial charge on any atom is -0.342 e. The first kappa shape index (κ1) is 15.5. The van der Waals surface area contributed by atoms with Gasteiger partial charge < -0.3 is 4.90 Å². The predicted molar refractivity (Wildman–Crippen MR) is 91.0 cm³/mol. The van der Waals surface area contributed by atoms with E-state index in [-0.39, 0.29) is 5.91 Å². The summed E-state index contributed by atoms with van der Waals surface area (Å²) in [7, 11) is 0. The summed E-state index contributed by atoms with van der Waals surface area (Å²) in [6.07, 6.45) is 2.23. The average Bonchev–Trinajstić information content (AvgIpc) is 3.08. The van der Waals surface area contributed by atoms with E-state index in [9.17, 15) is 4.79 Å². The Morgan fingerprint density at radius 3 is 2.77 bits per heavy atom. The zero-order valence-corrected chi connectivity index (χ0v) is 14.2. The summed E-state index contributed by atoms with van der Waals surface area (Å²) >= 11 is 3.12. The Bertz CT molecular complexity index is 605. The van der Waals surface area contributed by atoms with E-state index < -0.39 is 0 Å². The van der Waals surface area contributed by atoms with Crippen molar-refractivity contribution in [1.29, 1.82) is 0 Å². The first-order valence-electron chi connectivity index (χ1n) is 7.50. The predicted octanol–water partition coefficient (Wildman–Crippen LogP) is 3.56. The summed E-state index contributed by atoms with van der Waals surface area (Å²) in [5.41, 5.74) is 0.885. The van der Waals surface area contributed by atoms with Crippen molar-refractivity contribution in [1.82, 2.24) is 15.1 Å². The molecule has 0 aromatic carbocycles. The van der Waals surface area contributed by atoms with Crippen LogP contribution < -0.4 is 0 Å². The van der Waals surface area contributed by atoms with E-state index in [2.05, 4.69) is 17.1 Å². The normalized spacial score (nSPS) is 16.0. The Hall–Kier alpha value is -1.40. The molecule has 1 aliphatic rings. The van der Waals surface area contributed by atoms with Crippen molar-refractivity contribution in [2.45, 2.75) is 24.8 Å². The van der Waals surface area contributed by atoms with Gasteiger partial charge in [0.25, 0.3) is 0 Å². The molecular weight excluding hydrogens is 314 g/mol. The SMILES string of the molecule is CC1CCN(C(=O)CSc2ccc(-c3cccs3)nn2)CC1. The minimum absolute atomic E-state index is 0.209. The third-order valence-electron chi connectivity index (χ3n) is 3.89. The van der Waals surface area contributed by atoms with Crippen LogP contribution >= 0.6 is 23.1 Å². The molecule has 1 aliphatic heterocycles. The number of thioether (sulfide) groups is 1. The van der Waals surface area contributed by atoms with Gasteiger partial charge in [-0.2, -0.15) is 0 Å². The highest BCUT2D eigenvalue weighted by molar-refractivity contribution is 7.99. The molecule has 0 bridgehead atoms. The standard InChI is InChI=1S/C16H19N3OS2/c1-12-6-8-19(9-7-12)16(20)11-22-15-5-4-13(17-18-15)14-3-2-10-21-14/h2-5,10,12H,6-9,11H2,1H3. The first-order valence-corrected chi connectivity index (χ1v) is 9.37. The average molecular weight is 333 g/mol. The number of amides is 1. The molecule has 0 N–H and O–H groups in total. The molecule has 0 saturated carbocycles. The van der Waals surface area contributed by atoms with Crippen LogP contribution in [0.5, 0.6) is 0 Å². The largest absolute Gasteiger partial charge is 0.342 e. The van der Waals surface area contributed by atoms with E-state index in [1.807, 2.05) is 34.5 Å². The highest BCUT2D eigenvalue weighted by Gasteiger charge is 2.20. The van der Waals surface area contributed by atoms with Crippen LogP contribution in [-0.4, -0.2) is 39.8 Å². The zero-order valence-electron chi connectivity index (χ0n) is 12.6. The summed E-state index contributed by atoms with van der Waals surface area (Å²) < 4.78 is 0. The number of thiophene rings is 1. The summed E-state index contributed by atoms with van der Waals surface area (Å²) in [4.78, 5) is 15.3. The number of hydrogen-bond donors (Lipinski definition) is 0. The van der Waals surface area contributed by atoms with Crippen molar-refractivity contribution < 1.29 is 4.79 Å². The van der Waals surface area contributed by atoms with E-state index in [4.69, 9.17) is 0 Å². The molecule has 0 aliphatic carbocycles. The molecule has 6 heteroatoms. The van der Waals surface area contributed by atoms with Crippen molar-refractivity contribution in [3.63, 3.8) is 0 Å². The molecule has 0 atom stereocenters. The second kappa shape index (κ2) is 7.24. The molecule has 116 valence electrons. The van der Waals surface area contributed by atoms with Crippen molar-refractivity contribution in [2.75, 3.05) is 18.8 Å². The van der Waals surface area contributed by atoms with Crippen LogP contribution in [0.2, 0.25) is 0 Å². The second-order valence-corrected chi connectivity index (χ2v) is 7.53. The molecule has 1 amide bonds. The summed E-state index contributed by atoms with van der Waals surface area (Å²) in [6, 6.07) is 7.94. The van der Waals surface area contributed by atoms with Gasteiger partial charge in [-0.3, -0.25) is 4.79 Å². The molecule has 1 fully saturated rings. The summed E-state index contributed by atoms with van der Waals surface area (Å²) in [5, 5.41) is 11.3. The number of carbonyl (C=O) groups is 1. The Morgan fingerprint density at radius 1 is 1.32 bits per heavy atom. The van der Waals surface area contributed by atoms with Crippen LogP contribution in [0.1, 0.15) is 19.8 Å². The van der Waals surface area contributed by atoms with Gasteiger partial charge in [0, 0.05) is 13.1 Å². The molecule has 2 aromatic heterocycles. The first-order chi connectivity index (χ1) is 10.7. The number of aromatic nitrogens is 2. The van der Waals surface area contributed by atoms with Crippen LogP contribution in [-0.2, 0) is 4.79 Å². The lowest BCUT2D eigenvalue weighted by atomic mass is 9.99. The zero-order chi connectivity index (χ0) is 15.4. The maximum absolute atomic E-state index is 12.2. The van der Waals surface area contributed by atoms with Crippen LogP contribution in [0, 0.1) is 5.92 Å². The monoisotopic (exact) mass is 333 g/mol. The van der Waals surface area contributed by atoms with Crippen LogP contribution in [0.15, 0.2) is 34.7 Å². The Labute approximate surface area is 138 Å². The third kappa shape index (κ3) is 3.87. The van der Waals surface area contributed by atoms with Gasteiger partial charge in [-0.05, 0) is 42.3 Å². The molecule has 2 aromatic rings. The molecule has 0 radical (unpaired) electrons. The van der Waals surface area contributed by atoms with E-state index in [0.29, 0.717) is 5.75 Å². The molecule has 3 rings (SSSR count). The fourth-order valence-electron chi connectivity index (χ4n) is 2.44. The van der Waals surface area contributed by atoms with Gasteiger partial charge in [0.1, 0.15) is 10.7 Å². The van der Waals surface area contributed by atoms with Gasteiger partial charge in [0.15, 0.2) is 0 Å². The summed E-state index contributed by atoms with van der Waals surface area (Å²) in [6.45, 7) is 4.04. The number of nitrogens with zero attached hydrogens (tertiary/aromatic N) is 3. The molecule has 22 heavy (non-hydrogen) atoms. The van der Waals surface area contributed by atoms with Gasteiger partial charge in [0.2, 0.25) is 5.91 Å². The van der Waals surface area contributed by atoms with Crippen molar-refractivity contribution in [3.8, 4) is 10.6 Å². The fraction of sp³-hybridized carbons (Fsp3) is 0.438. The maximum Gasteiger partial charge on any atom is 0.232 e. The number of carbonyl (C=O) groups excluding carboxylic acids is 1. The number of hydrogen-bond acceptors (Lipinski definition) is 5. The lowest BCUT2D eigenvalue weighted by Crippen LogP contribution is -2.38. The van der Waals surface area contributed by atoms with Gasteiger partial charge in [-0.1, -0.05) is 24.8 Å². The Balaban J connectivity index is 1.52. The Kier molecular flexibility index (Phi) is 5.10. The quantitative estimate of drug-likeness (QED) is 0.803. The molecule has 4 nitrogen and oxygen atoms in total. The molecule has 3 heterocycles. The minimum atomic E-state index is 0.209. The van der Waals surface area contributed by atoms with Gasteiger partial charge >= 0.3 is 0 Å². The highest BCUT2D eigenvalue weighted by atomic mass is 32.2. The van der Waals surface area contributed by atoms with E-state index in [1.165, 1.54) is 11.8 Å². The van der Waals surface area contributed by atoms with Crippen molar-refractivity contribution in [2.24, 2.45) is 5.92 Å². The van der Waals surface area contributed by atoms with E-state index >= 15 is 0 Å². The van der Waals surface area contributed by atoms with Crippen LogP contribution in [0.25, 0.3) is 10.6 Å². The topological polar surface area (TPSA) is 46.1 Å². The molecule has 0 spiro atoms. The fourth-order valence-corrected chi connectivity index (χ4v) is 3.84. The number of likely N-dealkylation sites (tertiary alicyclic amines) is 1.